The summed E-state index contributed by atoms with van der Waals surface area (Å²) < 4.78 is 5.97. The van der Waals surface area contributed by atoms with Crippen LogP contribution < -0.4 is 21.3 Å². The highest BCUT2D eigenvalue weighted by molar-refractivity contribution is 5.99. The molecule has 24 heteroatoms. The van der Waals surface area contributed by atoms with E-state index in [1.54, 1.807) is 85.7 Å². The van der Waals surface area contributed by atoms with Gasteiger partial charge in [0.25, 0.3) is 5.91 Å². The summed E-state index contributed by atoms with van der Waals surface area (Å²) in [5.74, 6) is -12.9. The highest BCUT2D eigenvalue weighted by atomic mass is 16.6. The van der Waals surface area contributed by atoms with Crippen LogP contribution in [0.3, 0.4) is 0 Å². The molecule has 3 saturated heterocycles. The number of carbonyl (C=O) groups excluding carboxylic acids is 10. The van der Waals surface area contributed by atoms with Crippen molar-refractivity contribution < 1.29 is 72.5 Å². The maximum absolute atomic E-state index is 14.9. The zero-order valence-corrected chi connectivity index (χ0v) is 48.9. The number of hydrogen-bond acceptors (Lipinski definition) is 13. The van der Waals surface area contributed by atoms with E-state index in [4.69, 9.17) is 4.74 Å². The number of piperidine rings is 1. The predicted octanol–water partition coefficient (Wildman–Crippen LogP) is 1.71. The Bertz CT molecular complexity index is 2440. The Kier molecular flexibility index (Phi) is 25.1. The molecule has 0 bridgehead atoms. The third-order valence-electron chi connectivity index (χ3n) is 16.1. The van der Waals surface area contributed by atoms with Gasteiger partial charge < -0.3 is 60.7 Å². The Hall–Kier alpha value is -7.14. The van der Waals surface area contributed by atoms with E-state index in [1.165, 1.54) is 30.9 Å². The van der Waals surface area contributed by atoms with Gasteiger partial charge in [-0.15, -0.1) is 0 Å². The fourth-order valence-electron chi connectivity index (χ4n) is 10.7. The van der Waals surface area contributed by atoms with Crippen LogP contribution in [0.15, 0.2) is 30.3 Å². The quantitative estimate of drug-likeness (QED) is 0.145. The minimum absolute atomic E-state index is 0.0649. The van der Waals surface area contributed by atoms with Crippen molar-refractivity contribution in [1.82, 2.24) is 45.8 Å². The summed E-state index contributed by atoms with van der Waals surface area (Å²) in [5.41, 5.74) is 0.631. The molecule has 3 aliphatic heterocycles. The molecule has 9 unspecified atom stereocenters. The SMILES string of the molecule is CCC(C)C1OC(=O)C(CCC(=O)O)N(C)C(=O)C(C(C)C)NC(=O)C2CCCCN2C(=O)[C@H]([C@H](C)CC)NC(=O)C(CCC(=O)O)N(C)C(=O)C(C(C)C)N(C)C(=O)CNC(=O)C2CCCN2C(=O)C(Cc2ccccc2)NC1=O. The molecule has 0 saturated carbocycles. The number of esters is 1. The minimum Gasteiger partial charge on any atom is -0.481 e. The van der Waals surface area contributed by atoms with Crippen LogP contribution in [0.5, 0.6) is 0 Å². The van der Waals surface area contributed by atoms with E-state index < -0.39 is 181 Å². The van der Waals surface area contributed by atoms with Crippen molar-refractivity contribution in [3.63, 3.8) is 0 Å². The number of rotatable bonds is 14. The molecule has 1 aromatic carbocycles. The number of ether oxygens (including phenoxy) is 1. The molecule has 9 amide bonds. The molecule has 0 aromatic heterocycles. The summed E-state index contributed by atoms with van der Waals surface area (Å²) >= 11 is 0. The second kappa shape index (κ2) is 30.6. The van der Waals surface area contributed by atoms with Crippen molar-refractivity contribution in [3.05, 3.63) is 35.9 Å². The van der Waals surface area contributed by atoms with E-state index in [0.29, 0.717) is 31.2 Å². The normalized spacial score (nSPS) is 27.0. The van der Waals surface area contributed by atoms with Gasteiger partial charge in [-0.25, -0.2) is 4.79 Å². The monoisotopic (exact) mass is 1140 g/mol. The number of nitrogens with one attached hydrogen (secondary N) is 4. The number of aliphatic carboxylic acids is 2. The topological polar surface area (TPSA) is 319 Å². The molecule has 0 spiro atoms. The van der Waals surface area contributed by atoms with Crippen molar-refractivity contribution in [2.24, 2.45) is 23.7 Å². The van der Waals surface area contributed by atoms with Gasteiger partial charge in [0.1, 0.15) is 48.3 Å². The fourth-order valence-corrected chi connectivity index (χ4v) is 10.7. The van der Waals surface area contributed by atoms with Gasteiger partial charge in [-0.1, -0.05) is 92.1 Å². The van der Waals surface area contributed by atoms with Crippen molar-refractivity contribution in [2.75, 3.05) is 40.8 Å². The number of amides is 9. The average molecular weight is 1140 g/mol. The first-order valence-corrected chi connectivity index (χ1v) is 28.4. The van der Waals surface area contributed by atoms with Crippen molar-refractivity contribution >= 4 is 71.1 Å². The van der Waals surface area contributed by atoms with E-state index in [0.717, 1.165) is 14.7 Å². The second-order valence-corrected chi connectivity index (χ2v) is 22.5. The number of likely N-dealkylation sites (N-methyl/N-ethyl adjacent to an activating group) is 3. The van der Waals surface area contributed by atoms with Gasteiger partial charge in [0, 0.05) is 59.4 Å². The molecule has 11 atom stereocenters. The summed E-state index contributed by atoms with van der Waals surface area (Å²) in [6.45, 7) is 13.0. The molecule has 24 nitrogen and oxygen atoms in total. The summed E-state index contributed by atoms with van der Waals surface area (Å²) in [6, 6.07) is -1.87. The molecule has 3 fully saturated rings. The van der Waals surface area contributed by atoms with Crippen molar-refractivity contribution in [3.8, 4) is 0 Å². The Labute approximate surface area is 475 Å². The number of carboxylic acid groups (broad SMARTS) is 2. The molecule has 6 N–H and O–H groups in total. The van der Waals surface area contributed by atoms with E-state index in [1.807, 2.05) is 0 Å². The Balaban J connectivity index is 1.87. The fraction of sp³-hybridized carbons (Fsp3) is 0.684. The number of hydrogen-bond donors (Lipinski definition) is 6. The van der Waals surface area contributed by atoms with Crippen LogP contribution in [-0.4, -0.2) is 201 Å². The van der Waals surface area contributed by atoms with Crippen LogP contribution in [0.25, 0.3) is 0 Å². The summed E-state index contributed by atoms with van der Waals surface area (Å²) in [4.78, 5) is 175. The number of benzene rings is 1. The maximum atomic E-state index is 14.9. The highest BCUT2D eigenvalue weighted by Crippen LogP contribution is 2.26. The molecule has 1 aromatic rings. The predicted molar refractivity (Wildman–Crippen MR) is 295 cm³/mol. The Morgan fingerprint density at radius 3 is 1.72 bits per heavy atom. The third-order valence-corrected chi connectivity index (χ3v) is 16.1. The van der Waals surface area contributed by atoms with E-state index in [2.05, 4.69) is 21.3 Å². The molecule has 450 valence electrons. The number of nitrogens with zero attached hydrogens (tertiary/aromatic N) is 5. The van der Waals surface area contributed by atoms with Gasteiger partial charge in [0.2, 0.25) is 47.3 Å². The Morgan fingerprint density at radius 2 is 1.14 bits per heavy atom. The van der Waals surface area contributed by atoms with E-state index in [9.17, 15) is 67.7 Å². The first kappa shape index (κ1) is 66.4. The van der Waals surface area contributed by atoms with Gasteiger partial charge in [0.05, 0.1) is 6.54 Å². The van der Waals surface area contributed by atoms with Crippen LogP contribution in [0.1, 0.15) is 132 Å². The zero-order chi connectivity index (χ0) is 60.6. The first-order chi connectivity index (χ1) is 38.2. The highest BCUT2D eigenvalue weighted by Gasteiger charge is 2.45. The number of cyclic esters (lactones) is 1. The summed E-state index contributed by atoms with van der Waals surface area (Å²) in [5, 5.41) is 30.6. The molecule has 3 heterocycles. The standard InChI is InChI=1S/C57H87N9O15/c1-12-34(7)46-55(78)66-28-18-17-22-40(66)51(74)60-45(32(3)4)54(77)63(10)41(25-27-44(70)71)57(80)81-48(35(8)13-2)52(75)59-37(30-36-20-15-14-16-21-36)53(76)65-29-19-23-39(65)49(72)58-31-42(67)64(11)47(33(5)6)56(79)62(9)38(50(73)61-46)24-26-43(68)69/h14-16,20-21,32-35,37-41,45-48H,12-13,17-19,22-31H2,1-11H3,(H,58,72)(H,59,75)(H,60,74)(H,61,73)(H,68,69)(H,70,71)/t34-,35?,37?,38?,39?,40?,41?,45?,46+,47?,48?/m1/s1. The van der Waals surface area contributed by atoms with Gasteiger partial charge in [-0.05, 0) is 74.7 Å². The van der Waals surface area contributed by atoms with Gasteiger partial charge >= 0.3 is 17.9 Å². The lowest BCUT2D eigenvalue weighted by Crippen LogP contribution is -2.63. The average Bonchev–Trinajstić information content (AvgIpc) is 3.96. The van der Waals surface area contributed by atoms with Crippen LogP contribution in [0, 0.1) is 23.7 Å². The molecular formula is C57H87N9O15. The second-order valence-electron chi connectivity index (χ2n) is 22.5. The number of fused-ring (bicyclic) bond motifs is 2. The van der Waals surface area contributed by atoms with Gasteiger partial charge in [0.15, 0.2) is 6.10 Å². The van der Waals surface area contributed by atoms with Crippen LogP contribution in [0.2, 0.25) is 0 Å². The lowest BCUT2D eigenvalue weighted by Gasteiger charge is -2.40. The lowest BCUT2D eigenvalue weighted by atomic mass is 9.93. The van der Waals surface area contributed by atoms with Crippen LogP contribution in [0.4, 0.5) is 0 Å². The number of carbonyl (C=O) groups is 12. The van der Waals surface area contributed by atoms with Crippen molar-refractivity contribution in [2.45, 2.75) is 187 Å². The summed E-state index contributed by atoms with van der Waals surface area (Å²) in [6.07, 6.45) is -1.36. The van der Waals surface area contributed by atoms with Gasteiger partial charge in [-0.3, -0.25) is 52.7 Å². The minimum atomic E-state index is -1.61. The molecule has 4 rings (SSSR count). The number of carboxylic acids is 2. The first-order valence-electron chi connectivity index (χ1n) is 28.4. The van der Waals surface area contributed by atoms with Crippen LogP contribution in [-0.2, 0) is 68.7 Å². The largest absolute Gasteiger partial charge is 0.481 e. The molecule has 81 heavy (non-hydrogen) atoms. The molecule has 0 radical (unpaired) electrons. The lowest BCUT2D eigenvalue weighted by molar-refractivity contribution is -0.167. The third kappa shape index (κ3) is 17.4. The summed E-state index contributed by atoms with van der Waals surface area (Å²) in [7, 11) is 3.89. The van der Waals surface area contributed by atoms with Gasteiger partial charge in [-0.2, -0.15) is 0 Å². The maximum Gasteiger partial charge on any atom is 0.329 e. The Morgan fingerprint density at radius 1 is 0.593 bits per heavy atom. The molecule has 0 aliphatic carbocycles. The molecular weight excluding hydrogens is 1050 g/mol. The van der Waals surface area contributed by atoms with E-state index in [-0.39, 0.29) is 38.8 Å². The molecule has 3 aliphatic rings. The van der Waals surface area contributed by atoms with Crippen LogP contribution >= 0.6 is 0 Å². The smallest absolute Gasteiger partial charge is 0.329 e. The van der Waals surface area contributed by atoms with Crippen molar-refractivity contribution in [1.29, 1.82) is 0 Å². The zero-order valence-electron chi connectivity index (χ0n) is 48.9. The van der Waals surface area contributed by atoms with E-state index >= 15 is 0 Å².